The fourth-order valence-electron chi connectivity index (χ4n) is 4.16. The predicted octanol–water partition coefficient (Wildman–Crippen LogP) is -4.12. The summed E-state index contributed by atoms with van der Waals surface area (Å²) in [5.74, 6) is -1.22. The lowest BCUT2D eigenvalue weighted by Gasteiger charge is -2.46. The molecule has 1 aliphatic heterocycles. The van der Waals surface area contributed by atoms with Crippen LogP contribution in [0, 0.1) is 6.92 Å². The number of aromatic hydroxyl groups is 1. The number of methoxy groups -OCH3 is 1. The van der Waals surface area contributed by atoms with Gasteiger partial charge in [0.1, 0.15) is 72.0 Å². The van der Waals surface area contributed by atoms with Gasteiger partial charge in [0.2, 0.25) is 0 Å². The van der Waals surface area contributed by atoms with Crippen molar-refractivity contribution in [3.8, 4) is 11.5 Å². The molecule has 11 atom stereocenters. The Labute approximate surface area is 199 Å². The highest BCUT2D eigenvalue weighted by molar-refractivity contribution is 5.94. The zero-order valence-corrected chi connectivity index (χ0v) is 18.8. The molecule has 2 fully saturated rings. The molecule has 0 bridgehead atoms. The predicted molar refractivity (Wildman–Crippen MR) is 111 cm³/mol. The summed E-state index contributed by atoms with van der Waals surface area (Å²) in [7, 11) is 1.26. The zero-order valence-electron chi connectivity index (χ0n) is 18.8. The molecule has 0 aromatic heterocycles. The van der Waals surface area contributed by atoms with E-state index in [2.05, 4.69) is 0 Å². The Hall–Kier alpha value is -2.11. The first kappa shape index (κ1) is 27.5. The van der Waals surface area contributed by atoms with E-state index in [4.69, 9.17) is 18.9 Å². The molecule has 9 N–H and O–H groups in total. The highest BCUT2D eigenvalue weighted by atomic mass is 16.7. The molecular weight excluding hydrogens is 476 g/mol. The number of benzene rings is 1. The Morgan fingerprint density at radius 1 is 0.886 bits per heavy atom. The lowest BCUT2D eigenvalue weighted by Crippen LogP contribution is -2.67. The number of ether oxygens (including phenoxy) is 4. The summed E-state index contributed by atoms with van der Waals surface area (Å²) in [6.45, 7) is 0.669. The fourth-order valence-corrected chi connectivity index (χ4v) is 4.16. The quantitative estimate of drug-likeness (QED) is 0.167. The number of hydrogen-bond donors (Lipinski definition) is 9. The lowest BCUT2D eigenvalue weighted by atomic mass is 9.84. The van der Waals surface area contributed by atoms with Crippen molar-refractivity contribution in [1.82, 2.24) is 0 Å². The second-order valence-electron chi connectivity index (χ2n) is 8.47. The van der Waals surface area contributed by atoms with Gasteiger partial charge in [0, 0.05) is 6.07 Å². The first-order chi connectivity index (χ1) is 16.4. The Morgan fingerprint density at radius 3 is 1.97 bits per heavy atom. The van der Waals surface area contributed by atoms with Crippen molar-refractivity contribution in [2.75, 3.05) is 13.7 Å². The summed E-state index contributed by atoms with van der Waals surface area (Å²) in [6, 6.07) is 2.44. The van der Waals surface area contributed by atoms with Crippen molar-refractivity contribution in [2.24, 2.45) is 0 Å². The molecule has 3 rings (SSSR count). The van der Waals surface area contributed by atoms with E-state index in [0.29, 0.717) is 0 Å². The van der Waals surface area contributed by atoms with Gasteiger partial charge in [0.25, 0.3) is 0 Å². The Morgan fingerprint density at radius 2 is 1.43 bits per heavy atom. The smallest absolute Gasteiger partial charge is 0.342 e. The average molecular weight is 506 g/mol. The zero-order chi connectivity index (χ0) is 26.2. The van der Waals surface area contributed by atoms with E-state index in [1.165, 1.54) is 26.2 Å². The molecule has 35 heavy (non-hydrogen) atoms. The van der Waals surface area contributed by atoms with E-state index in [1.54, 1.807) is 0 Å². The van der Waals surface area contributed by atoms with Crippen LogP contribution in [0.5, 0.6) is 11.5 Å². The normalized spacial score (nSPS) is 39.8. The molecule has 1 saturated heterocycles. The van der Waals surface area contributed by atoms with Gasteiger partial charge in [0.05, 0.1) is 13.7 Å². The summed E-state index contributed by atoms with van der Waals surface area (Å²) in [5, 5.41) is 90.3. The minimum absolute atomic E-state index is 0.0272. The van der Waals surface area contributed by atoms with Gasteiger partial charge >= 0.3 is 5.97 Å². The molecule has 2 unspecified atom stereocenters. The second-order valence-corrected chi connectivity index (χ2v) is 8.47. The van der Waals surface area contributed by atoms with Crippen molar-refractivity contribution in [3.63, 3.8) is 0 Å². The minimum Gasteiger partial charge on any atom is -0.508 e. The van der Waals surface area contributed by atoms with E-state index in [9.17, 15) is 50.8 Å². The molecule has 14 heteroatoms. The summed E-state index contributed by atoms with van der Waals surface area (Å²) in [4.78, 5) is 12.8. The third-order valence-corrected chi connectivity index (χ3v) is 6.14. The number of aliphatic hydroxyl groups excluding tert-OH is 8. The molecule has 1 heterocycles. The number of esters is 1. The summed E-state index contributed by atoms with van der Waals surface area (Å²) < 4.78 is 21.1. The maximum atomic E-state index is 12.8. The SMILES string of the molecule is COc1cc(O)cc(C)c1C(=O)O[C@H]1[C@@H](O)[C@@H](O)[C@@H](OC2[C@@H](O)[C@H](O)C(O)[C@H](O)[C@@H]2O)O[C@@H]1CO. The molecule has 1 saturated carbocycles. The topological polar surface area (TPSA) is 236 Å². The van der Waals surface area contributed by atoms with Crippen molar-refractivity contribution < 1.29 is 69.7 Å². The molecular formula is C21H30O14. The van der Waals surface area contributed by atoms with Crippen molar-refractivity contribution in [1.29, 1.82) is 0 Å². The number of phenolic OH excluding ortho intramolecular Hbond substituents is 1. The Kier molecular flexibility index (Phi) is 8.54. The largest absolute Gasteiger partial charge is 0.508 e. The molecule has 0 amide bonds. The maximum absolute atomic E-state index is 12.8. The Bertz CT molecular complexity index is 877. The molecule has 198 valence electrons. The van der Waals surface area contributed by atoms with Crippen molar-refractivity contribution >= 4 is 5.97 Å². The highest BCUT2D eigenvalue weighted by Crippen LogP contribution is 2.32. The van der Waals surface area contributed by atoms with E-state index in [1.807, 2.05) is 0 Å². The monoisotopic (exact) mass is 506 g/mol. The number of carbonyl (C=O) groups is 1. The van der Waals surface area contributed by atoms with Gasteiger partial charge in [-0.1, -0.05) is 0 Å². The minimum atomic E-state index is -1.95. The van der Waals surface area contributed by atoms with Gasteiger partial charge in [-0.15, -0.1) is 0 Å². The van der Waals surface area contributed by atoms with Crippen LogP contribution in [0.15, 0.2) is 12.1 Å². The third-order valence-electron chi connectivity index (χ3n) is 6.14. The molecule has 1 aromatic rings. The van der Waals surface area contributed by atoms with Crippen molar-refractivity contribution in [3.05, 3.63) is 23.3 Å². The summed E-state index contributed by atoms with van der Waals surface area (Å²) in [6.07, 6.45) is -20.0. The van der Waals surface area contributed by atoms with Crippen molar-refractivity contribution in [2.45, 2.75) is 74.3 Å². The van der Waals surface area contributed by atoms with E-state index in [0.717, 1.165) is 0 Å². The van der Waals surface area contributed by atoms with Gasteiger partial charge in [0.15, 0.2) is 12.4 Å². The van der Waals surface area contributed by atoms with Gasteiger partial charge in [-0.25, -0.2) is 4.79 Å². The molecule has 1 aliphatic carbocycles. The van der Waals surface area contributed by atoms with Crippen LogP contribution >= 0.6 is 0 Å². The van der Waals surface area contributed by atoms with Crippen LogP contribution < -0.4 is 4.74 Å². The first-order valence-electron chi connectivity index (χ1n) is 10.7. The number of aryl methyl sites for hydroxylation is 1. The first-order valence-corrected chi connectivity index (χ1v) is 10.7. The third kappa shape index (κ3) is 5.22. The molecule has 14 nitrogen and oxygen atoms in total. The average Bonchev–Trinajstić information content (AvgIpc) is 2.82. The van der Waals surface area contributed by atoms with Gasteiger partial charge < -0.3 is 64.9 Å². The van der Waals surface area contributed by atoms with Gasteiger partial charge in [-0.2, -0.15) is 0 Å². The summed E-state index contributed by atoms with van der Waals surface area (Å²) >= 11 is 0. The van der Waals surface area contributed by atoms with Crippen LogP contribution in [-0.4, -0.2) is 133 Å². The molecule has 0 spiro atoms. The Balaban J connectivity index is 1.78. The van der Waals surface area contributed by atoms with Crippen LogP contribution in [-0.2, 0) is 14.2 Å². The highest BCUT2D eigenvalue weighted by Gasteiger charge is 2.53. The van der Waals surface area contributed by atoms with E-state index in [-0.39, 0.29) is 22.6 Å². The standard InChI is InChI=1S/C21H30O14/c1-6-3-7(23)4-8(32-2)10(6)20(31)34-18-9(5-22)33-21(17(30)16(18)29)35-19-14(27)12(25)11(24)13(26)15(19)28/h3-4,9,11-19,21-30H,5H2,1-2H3/t9-,11?,12-,13+,14+,15+,16+,17-,18-,19?,21-/m1/s1. The molecule has 0 radical (unpaired) electrons. The van der Waals surface area contributed by atoms with Crippen LogP contribution in [0.25, 0.3) is 0 Å². The molecule has 1 aromatic carbocycles. The van der Waals surface area contributed by atoms with Gasteiger partial charge in [-0.05, 0) is 18.6 Å². The fraction of sp³-hybridized carbons (Fsp3) is 0.667. The maximum Gasteiger partial charge on any atom is 0.342 e. The van der Waals surface area contributed by atoms with Crippen LogP contribution in [0.1, 0.15) is 15.9 Å². The van der Waals surface area contributed by atoms with E-state index >= 15 is 0 Å². The second kappa shape index (κ2) is 10.9. The summed E-state index contributed by atoms with van der Waals surface area (Å²) in [5.41, 5.74) is 0.192. The molecule has 2 aliphatic rings. The number of rotatable bonds is 6. The van der Waals surface area contributed by atoms with Gasteiger partial charge in [-0.3, -0.25) is 0 Å². The number of carbonyl (C=O) groups excluding carboxylic acids is 1. The van der Waals surface area contributed by atoms with Crippen LogP contribution in [0.2, 0.25) is 0 Å². The van der Waals surface area contributed by atoms with Crippen LogP contribution in [0.3, 0.4) is 0 Å². The van der Waals surface area contributed by atoms with E-state index < -0.39 is 79.9 Å². The number of hydrogen-bond acceptors (Lipinski definition) is 14. The van der Waals surface area contributed by atoms with Crippen LogP contribution in [0.4, 0.5) is 0 Å². The lowest BCUT2D eigenvalue weighted by molar-refractivity contribution is -0.338. The number of phenols is 1. The number of aliphatic hydroxyl groups is 8.